The first-order chi connectivity index (χ1) is 9.21. The number of hydrogen-bond donors (Lipinski definition) is 1. The van der Waals surface area contributed by atoms with E-state index >= 15 is 0 Å². The van der Waals surface area contributed by atoms with Gasteiger partial charge in [0, 0.05) is 24.4 Å². The first kappa shape index (κ1) is 13.1. The molecule has 0 aliphatic carbocycles. The molecule has 0 spiro atoms. The van der Waals surface area contributed by atoms with Crippen molar-refractivity contribution in [3.8, 4) is 17.2 Å². The third kappa shape index (κ3) is 3.54. The molecule has 0 fully saturated rings. The van der Waals surface area contributed by atoms with E-state index in [0.717, 1.165) is 0 Å². The van der Waals surface area contributed by atoms with Crippen LogP contribution < -0.4 is 19.9 Å². The Balaban J connectivity index is 1.95. The summed E-state index contributed by atoms with van der Waals surface area (Å²) in [7, 11) is 3.20. The van der Waals surface area contributed by atoms with Crippen molar-refractivity contribution < 1.29 is 14.2 Å². The van der Waals surface area contributed by atoms with Gasteiger partial charge in [0.05, 0.1) is 32.6 Å². The summed E-state index contributed by atoms with van der Waals surface area (Å²) in [5, 5.41) is 4.08. The van der Waals surface area contributed by atoms with Gasteiger partial charge in [-0.2, -0.15) is 5.10 Å². The van der Waals surface area contributed by atoms with Crippen molar-refractivity contribution in [2.45, 2.75) is 6.54 Å². The molecule has 2 rings (SSSR count). The molecule has 0 atom stereocenters. The van der Waals surface area contributed by atoms with Crippen molar-refractivity contribution in [3.63, 3.8) is 0 Å². The minimum atomic E-state index is 0.484. The molecular formula is C13H17N3O3. The summed E-state index contributed by atoms with van der Waals surface area (Å²) < 4.78 is 17.7. The second-order valence-corrected chi connectivity index (χ2v) is 3.93. The topological polar surface area (TPSA) is 71.5 Å². The first-order valence-corrected chi connectivity index (χ1v) is 5.85. The van der Waals surface area contributed by atoms with Gasteiger partial charge < -0.3 is 19.9 Å². The number of benzene rings is 1. The molecule has 0 saturated heterocycles. The van der Waals surface area contributed by atoms with Gasteiger partial charge in [-0.15, -0.1) is 0 Å². The molecule has 1 aromatic heterocycles. The molecule has 19 heavy (non-hydrogen) atoms. The third-order valence-corrected chi connectivity index (χ3v) is 2.57. The van der Waals surface area contributed by atoms with E-state index in [2.05, 4.69) is 5.10 Å². The second kappa shape index (κ2) is 5.99. The van der Waals surface area contributed by atoms with Gasteiger partial charge in [-0.25, -0.2) is 0 Å². The average molecular weight is 263 g/mol. The lowest BCUT2D eigenvalue weighted by Gasteiger charge is -2.10. The Labute approximate surface area is 111 Å². The van der Waals surface area contributed by atoms with E-state index < -0.39 is 0 Å². The maximum atomic E-state index is 5.64. The number of nitrogens with two attached hydrogens (primary N) is 1. The van der Waals surface area contributed by atoms with Crippen LogP contribution in [0.4, 0.5) is 5.69 Å². The smallest absolute Gasteiger partial charge is 0.126 e. The summed E-state index contributed by atoms with van der Waals surface area (Å²) in [5.74, 6) is 2.08. The van der Waals surface area contributed by atoms with Crippen LogP contribution >= 0.6 is 0 Å². The monoisotopic (exact) mass is 263 g/mol. The average Bonchev–Trinajstić information content (AvgIpc) is 2.84. The molecule has 0 amide bonds. The molecule has 102 valence electrons. The number of anilines is 1. The number of nitrogen functional groups attached to an aromatic ring is 1. The van der Waals surface area contributed by atoms with Gasteiger partial charge in [-0.1, -0.05) is 0 Å². The predicted molar refractivity (Wildman–Crippen MR) is 71.7 cm³/mol. The third-order valence-electron chi connectivity index (χ3n) is 2.57. The number of aromatic nitrogens is 2. The molecule has 0 unspecified atom stereocenters. The Hall–Kier alpha value is -2.37. The molecule has 0 radical (unpaired) electrons. The van der Waals surface area contributed by atoms with Crippen LogP contribution in [0.2, 0.25) is 0 Å². The maximum Gasteiger partial charge on any atom is 0.126 e. The summed E-state index contributed by atoms with van der Waals surface area (Å²) in [4.78, 5) is 0. The molecule has 6 nitrogen and oxygen atoms in total. The van der Waals surface area contributed by atoms with Crippen LogP contribution in [0.1, 0.15) is 0 Å². The van der Waals surface area contributed by atoms with Gasteiger partial charge in [-0.3, -0.25) is 4.68 Å². The molecule has 0 saturated carbocycles. The standard InChI is InChI=1S/C13H17N3O3/c1-17-11-5-12(18-2)7-13(6-11)19-4-3-16-9-10(14)8-15-16/h5-9H,3-4,14H2,1-2H3. The Morgan fingerprint density at radius 2 is 1.74 bits per heavy atom. The fourth-order valence-corrected chi connectivity index (χ4v) is 1.62. The Bertz CT molecular complexity index is 517. The highest BCUT2D eigenvalue weighted by Gasteiger charge is 2.03. The van der Waals surface area contributed by atoms with Crippen molar-refractivity contribution in [1.82, 2.24) is 9.78 Å². The molecule has 1 heterocycles. The fraction of sp³-hybridized carbons (Fsp3) is 0.308. The van der Waals surface area contributed by atoms with E-state index in [4.69, 9.17) is 19.9 Å². The molecule has 1 aromatic carbocycles. The van der Waals surface area contributed by atoms with Crippen LogP contribution in [0.15, 0.2) is 30.6 Å². The Morgan fingerprint density at radius 3 is 2.26 bits per heavy atom. The van der Waals surface area contributed by atoms with Crippen LogP contribution in [0.25, 0.3) is 0 Å². The summed E-state index contributed by atoms with van der Waals surface area (Å²) in [5.41, 5.74) is 6.22. The van der Waals surface area contributed by atoms with Crippen molar-refractivity contribution in [1.29, 1.82) is 0 Å². The van der Waals surface area contributed by atoms with Gasteiger partial charge in [0.15, 0.2) is 0 Å². The largest absolute Gasteiger partial charge is 0.496 e. The minimum Gasteiger partial charge on any atom is -0.496 e. The van der Waals surface area contributed by atoms with E-state index in [1.54, 1.807) is 49.5 Å². The summed E-state index contributed by atoms with van der Waals surface area (Å²) in [6, 6.07) is 5.40. The zero-order chi connectivity index (χ0) is 13.7. The van der Waals surface area contributed by atoms with Gasteiger partial charge in [0.25, 0.3) is 0 Å². The minimum absolute atomic E-state index is 0.484. The number of ether oxygens (including phenoxy) is 3. The SMILES string of the molecule is COc1cc(OC)cc(OCCn2cc(N)cn2)c1. The summed E-state index contributed by atoms with van der Waals surface area (Å²) >= 11 is 0. The van der Waals surface area contributed by atoms with Crippen molar-refractivity contribution in [2.75, 3.05) is 26.6 Å². The van der Waals surface area contributed by atoms with E-state index in [-0.39, 0.29) is 0 Å². The molecule has 0 bridgehead atoms. The number of nitrogens with zero attached hydrogens (tertiary/aromatic N) is 2. The van der Waals surface area contributed by atoms with Gasteiger partial charge in [-0.05, 0) is 0 Å². The van der Waals surface area contributed by atoms with E-state index in [0.29, 0.717) is 36.1 Å². The second-order valence-electron chi connectivity index (χ2n) is 3.93. The molecule has 6 heteroatoms. The number of hydrogen-bond acceptors (Lipinski definition) is 5. The first-order valence-electron chi connectivity index (χ1n) is 5.85. The van der Waals surface area contributed by atoms with Crippen LogP contribution in [0, 0.1) is 0 Å². The quantitative estimate of drug-likeness (QED) is 0.856. The lowest BCUT2D eigenvalue weighted by molar-refractivity contribution is 0.287. The lowest BCUT2D eigenvalue weighted by atomic mass is 10.3. The highest BCUT2D eigenvalue weighted by Crippen LogP contribution is 2.27. The van der Waals surface area contributed by atoms with Gasteiger partial charge in [0.1, 0.15) is 23.9 Å². The zero-order valence-electron chi connectivity index (χ0n) is 11.0. The fourth-order valence-electron chi connectivity index (χ4n) is 1.62. The van der Waals surface area contributed by atoms with E-state index in [9.17, 15) is 0 Å². The van der Waals surface area contributed by atoms with Gasteiger partial charge >= 0.3 is 0 Å². The maximum absolute atomic E-state index is 5.64. The van der Waals surface area contributed by atoms with Crippen LogP contribution in [0.5, 0.6) is 17.2 Å². The van der Waals surface area contributed by atoms with Crippen LogP contribution in [-0.4, -0.2) is 30.6 Å². The van der Waals surface area contributed by atoms with Gasteiger partial charge in [0.2, 0.25) is 0 Å². The highest BCUT2D eigenvalue weighted by atomic mass is 16.5. The normalized spacial score (nSPS) is 10.2. The van der Waals surface area contributed by atoms with Crippen LogP contribution in [0.3, 0.4) is 0 Å². The van der Waals surface area contributed by atoms with Crippen molar-refractivity contribution >= 4 is 5.69 Å². The predicted octanol–water partition coefficient (Wildman–Crippen LogP) is 1.56. The summed E-state index contributed by atoms with van der Waals surface area (Å²) in [6.07, 6.45) is 3.37. The highest BCUT2D eigenvalue weighted by molar-refractivity contribution is 5.42. The molecule has 0 aliphatic rings. The molecule has 0 aliphatic heterocycles. The van der Waals surface area contributed by atoms with Crippen LogP contribution in [-0.2, 0) is 6.54 Å². The Morgan fingerprint density at radius 1 is 1.11 bits per heavy atom. The Kier molecular flexibility index (Phi) is 4.12. The van der Waals surface area contributed by atoms with Crippen molar-refractivity contribution in [3.05, 3.63) is 30.6 Å². The summed E-state index contributed by atoms with van der Waals surface area (Å²) in [6.45, 7) is 1.11. The molecule has 2 N–H and O–H groups in total. The molecular weight excluding hydrogens is 246 g/mol. The van der Waals surface area contributed by atoms with E-state index in [1.165, 1.54) is 0 Å². The van der Waals surface area contributed by atoms with E-state index in [1.807, 2.05) is 0 Å². The molecule has 2 aromatic rings. The lowest BCUT2D eigenvalue weighted by Crippen LogP contribution is -2.08. The van der Waals surface area contributed by atoms with Crippen molar-refractivity contribution in [2.24, 2.45) is 0 Å². The number of methoxy groups -OCH3 is 2. The number of rotatable bonds is 6. The zero-order valence-corrected chi connectivity index (χ0v) is 11.0.